The fourth-order valence-corrected chi connectivity index (χ4v) is 3.08. The number of hydrogen-bond acceptors (Lipinski definition) is 5. The van der Waals surface area contributed by atoms with Gasteiger partial charge in [0.05, 0.1) is 17.1 Å². The van der Waals surface area contributed by atoms with Gasteiger partial charge >= 0.3 is 6.18 Å². The van der Waals surface area contributed by atoms with Crippen molar-refractivity contribution < 1.29 is 17.9 Å². The predicted octanol–water partition coefficient (Wildman–Crippen LogP) is 6.04. The van der Waals surface area contributed by atoms with Gasteiger partial charge in [-0.3, -0.25) is 0 Å². The molecule has 0 amide bonds. The molecule has 0 spiro atoms. The molecule has 0 unspecified atom stereocenters. The highest BCUT2D eigenvalue weighted by Gasteiger charge is 2.30. The van der Waals surface area contributed by atoms with Crippen LogP contribution in [0.1, 0.15) is 22.6 Å². The summed E-state index contributed by atoms with van der Waals surface area (Å²) in [5, 5.41) is 3.58. The van der Waals surface area contributed by atoms with E-state index in [1.54, 1.807) is 19.1 Å². The van der Waals surface area contributed by atoms with E-state index >= 15 is 0 Å². The van der Waals surface area contributed by atoms with Gasteiger partial charge in [-0.2, -0.15) is 13.2 Å². The average Bonchev–Trinajstić information content (AvgIpc) is 2.71. The molecule has 2 aromatic heterocycles. The molecule has 3 rings (SSSR count). The number of aromatic nitrogens is 3. The van der Waals surface area contributed by atoms with Crippen LogP contribution < -0.4 is 10.1 Å². The van der Waals surface area contributed by atoms with Crippen molar-refractivity contribution in [2.75, 3.05) is 11.9 Å². The van der Waals surface area contributed by atoms with Gasteiger partial charge in [-0.25, -0.2) is 15.0 Å². The molecule has 0 bridgehead atoms. The van der Waals surface area contributed by atoms with Gasteiger partial charge in [-0.15, -0.1) is 11.6 Å². The third kappa shape index (κ3) is 5.73. The summed E-state index contributed by atoms with van der Waals surface area (Å²) in [6, 6.07) is 9.28. The van der Waals surface area contributed by atoms with Gasteiger partial charge in [0.1, 0.15) is 22.4 Å². The molecule has 0 saturated heterocycles. The number of ether oxygens (including phenoxy) is 1. The quantitative estimate of drug-likeness (QED) is 0.439. The van der Waals surface area contributed by atoms with E-state index in [1.165, 1.54) is 6.07 Å². The average molecular weight is 457 g/mol. The molecule has 0 radical (unpaired) electrons. The normalized spacial score (nSPS) is 11.4. The number of hydrogen-bond donors (Lipinski definition) is 1. The van der Waals surface area contributed by atoms with Gasteiger partial charge < -0.3 is 10.1 Å². The number of pyridine rings is 1. The van der Waals surface area contributed by atoms with Crippen molar-refractivity contribution >= 4 is 29.0 Å². The molecule has 10 heteroatoms. The first-order valence-electron chi connectivity index (χ1n) is 8.89. The van der Waals surface area contributed by atoms with E-state index in [0.29, 0.717) is 41.1 Å². The van der Waals surface area contributed by atoms with Gasteiger partial charge in [0.15, 0.2) is 0 Å². The Morgan fingerprint density at radius 2 is 1.80 bits per heavy atom. The van der Waals surface area contributed by atoms with E-state index in [1.807, 2.05) is 12.1 Å². The summed E-state index contributed by atoms with van der Waals surface area (Å²) in [5.41, 5.74) is 0.774. The molecule has 158 valence electrons. The topological polar surface area (TPSA) is 59.9 Å². The number of halogens is 5. The van der Waals surface area contributed by atoms with Crippen LogP contribution in [-0.4, -0.2) is 21.5 Å². The lowest BCUT2D eigenvalue weighted by atomic mass is 10.1. The number of nitrogens with one attached hydrogen (secondary N) is 1. The monoisotopic (exact) mass is 456 g/mol. The van der Waals surface area contributed by atoms with Crippen LogP contribution in [0.25, 0.3) is 0 Å². The van der Waals surface area contributed by atoms with E-state index in [-0.39, 0.29) is 11.8 Å². The van der Waals surface area contributed by atoms with Crippen LogP contribution in [0.2, 0.25) is 5.02 Å². The fourth-order valence-electron chi connectivity index (χ4n) is 2.60. The number of rotatable bonds is 7. The zero-order valence-corrected chi connectivity index (χ0v) is 17.3. The molecule has 0 aliphatic heterocycles. The Hall–Kier alpha value is -2.58. The minimum atomic E-state index is -4.43. The molecule has 2 heterocycles. The lowest BCUT2D eigenvalue weighted by Gasteiger charge is -2.11. The molecule has 3 aromatic rings. The molecular weight excluding hydrogens is 440 g/mol. The van der Waals surface area contributed by atoms with Crippen molar-refractivity contribution in [1.29, 1.82) is 0 Å². The maximum atomic E-state index is 12.6. The molecule has 1 aromatic carbocycles. The minimum Gasteiger partial charge on any atom is -0.439 e. The largest absolute Gasteiger partial charge is 0.439 e. The molecule has 1 N–H and O–H groups in total. The number of anilines is 1. The van der Waals surface area contributed by atoms with Crippen LogP contribution in [0, 0.1) is 6.92 Å². The molecule has 0 atom stereocenters. The van der Waals surface area contributed by atoms with Crippen LogP contribution >= 0.6 is 23.2 Å². The minimum absolute atomic E-state index is 0.0845. The van der Waals surface area contributed by atoms with E-state index in [2.05, 4.69) is 20.3 Å². The van der Waals surface area contributed by atoms with Crippen LogP contribution in [-0.2, 0) is 18.5 Å². The SMILES string of the molecule is Cc1nc(CCl)c(Cl)c(NCCc2ccc(Oc3ccc(C(F)(F)F)cn3)cc2)n1. The maximum Gasteiger partial charge on any atom is 0.417 e. The van der Waals surface area contributed by atoms with Gasteiger partial charge in [0, 0.05) is 18.8 Å². The zero-order valence-electron chi connectivity index (χ0n) is 15.8. The van der Waals surface area contributed by atoms with Crippen molar-refractivity contribution in [3.63, 3.8) is 0 Å². The van der Waals surface area contributed by atoms with Crippen molar-refractivity contribution in [3.05, 3.63) is 70.3 Å². The Morgan fingerprint density at radius 1 is 1.07 bits per heavy atom. The second-order valence-electron chi connectivity index (χ2n) is 6.32. The zero-order chi connectivity index (χ0) is 21.7. The summed E-state index contributed by atoms with van der Waals surface area (Å²) in [6.07, 6.45) is -3.00. The van der Waals surface area contributed by atoms with Crippen molar-refractivity contribution in [1.82, 2.24) is 15.0 Å². The second kappa shape index (κ2) is 9.49. The summed E-state index contributed by atoms with van der Waals surface area (Å²) < 4.78 is 43.2. The summed E-state index contributed by atoms with van der Waals surface area (Å²) in [6.45, 7) is 2.35. The third-order valence-electron chi connectivity index (χ3n) is 4.07. The second-order valence-corrected chi connectivity index (χ2v) is 6.96. The van der Waals surface area contributed by atoms with Crippen molar-refractivity contribution in [2.45, 2.75) is 25.4 Å². The first-order chi connectivity index (χ1) is 14.3. The van der Waals surface area contributed by atoms with E-state index in [9.17, 15) is 13.2 Å². The molecule has 0 aliphatic rings. The van der Waals surface area contributed by atoms with E-state index in [4.69, 9.17) is 27.9 Å². The van der Waals surface area contributed by atoms with Crippen LogP contribution in [0.15, 0.2) is 42.6 Å². The van der Waals surface area contributed by atoms with Crippen molar-refractivity contribution in [3.8, 4) is 11.6 Å². The Morgan fingerprint density at radius 3 is 2.40 bits per heavy atom. The maximum absolute atomic E-state index is 12.6. The molecule has 30 heavy (non-hydrogen) atoms. The standard InChI is InChI=1S/C20H17Cl2F3N4O/c1-12-28-16(10-21)18(22)19(29-12)26-9-8-13-2-5-15(6-3-13)30-17-7-4-14(11-27-17)20(23,24)25/h2-7,11H,8-10H2,1H3,(H,26,28,29). The first kappa shape index (κ1) is 22.1. The molecule has 5 nitrogen and oxygen atoms in total. The van der Waals surface area contributed by atoms with Gasteiger partial charge in [0.25, 0.3) is 0 Å². The summed E-state index contributed by atoms with van der Waals surface area (Å²) >= 11 is 12.1. The van der Waals surface area contributed by atoms with Crippen LogP contribution in [0.3, 0.4) is 0 Å². The Balaban J connectivity index is 1.56. The first-order valence-corrected chi connectivity index (χ1v) is 9.80. The highest BCUT2D eigenvalue weighted by atomic mass is 35.5. The fraction of sp³-hybridized carbons (Fsp3) is 0.250. The van der Waals surface area contributed by atoms with Crippen LogP contribution in [0.5, 0.6) is 11.6 Å². The van der Waals surface area contributed by atoms with Crippen LogP contribution in [0.4, 0.5) is 19.0 Å². The van der Waals surface area contributed by atoms with E-state index < -0.39 is 11.7 Å². The number of aryl methyl sites for hydroxylation is 1. The predicted molar refractivity (Wildman–Crippen MR) is 109 cm³/mol. The summed E-state index contributed by atoms with van der Waals surface area (Å²) in [7, 11) is 0. The van der Waals surface area contributed by atoms with Gasteiger partial charge in [0.2, 0.25) is 5.88 Å². The lowest BCUT2D eigenvalue weighted by Crippen LogP contribution is -2.09. The molecule has 0 aliphatic carbocycles. The molecule has 0 fully saturated rings. The lowest BCUT2D eigenvalue weighted by molar-refractivity contribution is -0.137. The highest BCUT2D eigenvalue weighted by Crippen LogP contribution is 2.30. The summed E-state index contributed by atoms with van der Waals surface area (Å²) in [4.78, 5) is 12.2. The summed E-state index contributed by atoms with van der Waals surface area (Å²) in [5.74, 6) is 1.87. The van der Waals surface area contributed by atoms with Gasteiger partial charge in [-0.1, -0.05) is 23.7 Å². The van der Waals surface area contributed by atoms with Gasteiger partial charge in [-0.05, 0) is 37.1 Å². The Bertz CT molecular complexity index is 997. The molecule has 0 saturated carbocycles. The number of benzene rings is 1. The molecular formula is C20H17Cl2F3N4O. The highest BCUT2D eigenvalue weighted by molar-refractivity contribution is 6.34. The third-order valence-corrected chi connectivity index (χ3v) is 4.72. The van der Waals surface area contributed by atoms with E-state index in [0.717, 1.165) is 17.8 Å². The number of alkyl halides is 4. The Labute approximate surface area is 181 Å². The van der Waals surface area contributed by atoms with Crippen molar-refractivity contribution in [2.24, 2.45) is 0 Å². The number of nitrogens with zero attached hydrogens (tertiary/aromatic N) is 3. The Kier molecular flexibility index (Phi) is 6.99. The smallest absolute Gasteiger partial charge is 0.417 e.